The Hall–Kier alpha value is -0.360. The molecular weight excluding hydrogens is 274 g/mol. The predicted octanol–water partition coefficient (Wildman–Crippen LogP) is 1.80. The van der Waals surface area contributed by atoms with E-state index in [9.17, 15) is 4.39 Å². The van der Waals surface area contributed by atoms with E-state index in [2.05, 4.69) is 0 Å². The van der Waals surface area contributed by atoms with Gasteiger partial charge in [-0.3, -0.25) is 0 Å². The van der Waals surface area contributed by atoms with Crippen LogP contribution in [0.25, 0.3) is 0 Å². The molecule has 0 bridgehead atoms. The average Bonchev–Trinajstić information content (AvgIpc) is 2.07. The minimum Gasteiger partial charge on any atom is -0.491 e. The van der Waals surface area contributed by atoms with Crippen LogP contribution in [0.1, 0.15) is 0 Å². The Morgan fingerprint density at radius 3 is 2.83 bits per heavy atom. The van der Waals surface area contributed by atoms with Crippen molar-refractivity contribution >= 4 is 22.6 Å². The number of hydrogen-bond donors (Lipinski definition) is 1. The molecule has 0 saturated heterocycles. The van der Waals surface area contributed by atoms with Gasteiger partial charge in [-0.05, 0) is 40.8 Å². The highest BCUT2D eigenvalue weighted by atomic mass is 127. The molecule has 2 nitrogen and oxygen atoms in total. The average molecular weight is 282 g/mol. The Morgan fingerprint density at radius 2 is 2.25 bits per heavy atom. The molecule has 0 aliphatic carbocycles. The van der Waals surface area contributed by atoms with Crippen LogP contribution in [0.15, 0.2) is 18.2 Å². The molecule has 1 N–H and O–H groups in total. The summed E-state index contributed by atoms with van der Waals surface area (Å²) >= 11 is 1.88. The molecule has 66 valence electrons. The highest BCUT2D eigenvalue weighted by molar-refractivity contribution is 14.1. The van der Waals surface area contributed by atoms with Crippen LogP contribution in [0.5, 0.6) is 5.75 Å². The maximum atomic E-state index is 12.7. The fourth-order valence-electron chi connectivity index (χ4n) is 0.730. The zero-order valence-corrected chi connectivity index (χ0v) is 8.42. The van der Waals surface area contributed by atoms with Gasteiger partial charge in [-0.25, -0.2) is 4.39 Å². The van der Waals surface area contributed by atoms with Gasteiger partial charge in [0, 0.05) is 0 Å². The van der Waals surface area contributed by atoms with Crippen LogP contribution in [0.2, 0.25) is 0 Å². The van der Waals surface area contributed by atoms with Crippen molar-refractivity contribution in [2.24, 2.45) is 0 Å². The number of halogens is 2. The molecule has 0 saturated carbocycles. The number of benzene rings is 1. The SMILES string of the molecule is OCCOc1ccc(F)c(I)c1. The summed E-state index contributed by atoms with van der Waals surface area (Å²) in [6.45, 7) is 0.204. The molecule has 0 aliphatic heterocycles. The first-order chi connectivity index (χ1) is 5.74. The van der Waals surface area contributed by atoms with Gasteiger partial charge in [0.05, 0.1) is 10.2 Å². The maximum absolute atomic E-state index is 12.7. The predicted molar refractivity (Wildman–Crippen MR) is 51.7 cm³/mol. The number of ether oxygens (including phenoxy) is 1. The van der Waals surface area contributed by atoms with E-state index in [-0.39, 0.29) is 19.0 Å². The lowest BCUT2D eigenvalue weighted by Crippen LogP contribution is -2.01. The smallest absolute Gasteiger partial charge is 0.136 e. The van der Waals surface area contributed by atoms with Crippen molar-refractivity contribution in [1.29, 1.82) is 0 Å². The Bertz CT molecular complexity index is 265. The number of hydrogen-bond acceptors (Lipinski definition) is 2. The summed E-state index contributed by atoms with van der Waals surface area (Å²) in [5.74, 6) is 0.321. The first-order valence-electron chi connectivity index (χ1n) is 3.43. The van der Waals surface area contributed by atoms with Gasteiger partial charge < -0.3 is 9.84 Å². The van der Waals surface area contributed by atoms with E-state index in [1.54, 1.807) is 6.07 Å². The Labute approximate surface area is 83.5 Å². The van der Waals surface area contributed by atoms with Gasteiger partial charge in [-0.15, -0.1) is 0 Å². The van der Waals surface area contributed by atoms with Gasteiger partial charge in [0.2, 0.25) is 0 Å². The van der Waals surface area contributed by atoms with E-state index >= 15 is 0 Å². The van der Waals surface area contributed by atoms with E-state index in [1.165, 1.54) is 12.1 Å². The van der Waals surface area contributed by atoms with Crippen LogP contribution < -0.4 is 4.74 Å². The van der Waals surface area contributed by atoms with E-state index in [0.717, 1.165) is 0 Å². The number of aliphatic hydroxyl groups is 1. The maximum Gasteiger partial charge on any atom is 0.136 e. The molecule has 0 radical (unpaired) electrons. The zero-order chi connectivity index (χ0) is 8.97. The van der Waals surface area contributed by atoms with Gasteiger partial charge in [-0.2, -0.15) is 0 Å². The summed E-state index contributed by atoms with van der Waals surface area (Å²) < 4.78 is 18.3. The van der Waals surface area contributed by atoms with Gasteiger partial charge in [-0.1, -0.05) is 0 Å². The standard InChI is InChI=1S/C8H8FIO2/c9-7-2-1-6(5-8(7)10)12-4-3-11/h1-2,5,11H,3-4H2. The van der Waals surface area contributed by atoms with Crippen molar-refractivity contribution in [2.75, 3.05) is 13.2 Å². The van der Waals surface area contributed by atoms with Crippen LogP contribution in [0.4, 0.5) is 4.39 Å². The fraction of sp³-hybridized carbons (Fsp3) is 0.250. The second-order valence-corrected chi connectivity index (χ2v) is 3.31. The Balaban J connectivity index is 2.69. The van der Waals surface area contributed by atoms with Gasteiger partial charge in [0.15, 0.2) is 0 Å². The molecule has 0 amide bonds. The van der Waals surface area contributed by atoms with Crippen LogP contribution in [0, 0.1) is 9.39 Å². The lowest BCUT2D eigenvalue weighted by atomic mass is 10.3. The Kier molecular flexibility index (Phi) is 3.74. The van der Waals surface area contributed by atoms with E-state index in [0.29, 0.717) is 9.32 Å². The van der Waals surface area contributed by atoms with Crippen molar-refractivity contribution in [3.8, 4) is 5.75 Å². The molecule has 4 heteroatoms. The zero-order valence-electron chi connectivity index (χ0n) is 6.26. The van der Waals surface area contributed by atoms with Crippen LogP contribution in [-0.2, 0) is 0 Å². The molecule has 0 atom stereocenters. The van der Waals surface area contributed by atoms with Crippen molar-refractivity contribution in [3.63, 3.8) is 0 Å². The molecule has 0 unspecified atom stereocenters. The third-order valence-corrected chi connectivity index (χ3v) is 2.08. The highest BCUT2D eigenvalue weighted by Crippen LogP contribution is 2.18. The largest absolute Gasteiger partial charge is 0.491 e. The van der Waals surface area contributed by atoms with E-state index in [1.807, 2.05) is 22.6 Å². The molecule has 0 aromatic heterocycles. The van der Waals surface area contributed by atoms with Gasteiger partial charge in [0.25, 0.3) is 0 Å². The molecule has 0 heterocycles. The second kappa shape index (κ2) is 4.61. The van der Waals surface area contributed by atoms with Crippen LogP contribution in [0.3, 0.4) is 0 Å². The number of aliphatic hydroxyl groups excluding tert-OH is 1. The lowest BCUT2D eigenvalue weighted by molar-refractivity contribution is 0.201. The molecule has 0 fully saturated rings. The third-order valence-electron chi connectivity index (χ3n) is 1.25. The highest BCUT2D eigenvalue weighted by Gasteiger charge is 1.99. The minimum atomic E-state index is -0.257. The Morgan fingerprint density at radius 1 is 1.50 bits per heavy atom. The van der Waals surface area contributed by atoms with Crippen molar-refractivity contribution in [3.05, 3.63) is 27.6 Å². The molecule has 1 rings (SSSR count). The number of rotatable bonds is 3. The first-order valence-corrected chi connectivity index (χ1v) is 4.50. The van der Waals surface area contributed by atoms with Gasteiger partial charge >= 0.3 is 0 Å². The summed E-state index contributed by atoms with van der Waals surface area (Å²) in [5, 5.41) is 8.45. The van der Waals surface area contributed by atoms with Crippen molar-refractivity contribution < 1.29 is 14.2 Å². The summed E-state index contributed by atoms with van der Waals surface area (Å²) in [5.41, 5.74) is 0. The normalized spacial score (nSPS) is 9.92. The monoisotopic (exact) mass is 282 g/mol. The molecule has 0 aliphatic rings. The fourth-order valence-corrected chi connectivity index (χ4v) is 1.22. The van der Waals surface area contributed by atoms with E-state index < -0.39 is 0 Å². The van der Waals surface area contributed by atoms with Crippen LogP contribution >= 0.6 is 22.6 Å². The molecular formula is C8H8FIO2. The molecule has 12 heavy (non-hydrogen) atoms. The summed E-state index contributed by atoms with van der Waals surface area (Å²) in [6, 6.07) is 4.47. The van der Waals surface area contributed by atoms with Crippen molar-refractivity contribution in [2.45, 2.75) is 0 Å². The summed E-state index contributed by atoms with van der Waals surface area (Å²) in [6.07, 6.45) is 0. The minimum absolute atomic E-state index is 0.0338. The van der Waals surface area contributed by atoms with Gasteiger partial charge in [0.1, 0.15) is 18.2 Å². The first kappa shape index (κ1) is 9.73. The molecule has 0 spiro atoms. The van der Waals surface area contributed by atoms with Crippen molar-refractivity contribution in [1.82, 2.24) is 0 Å². The summed E-state index contributed by atoms with van der Waals surface area (Å²) in [4.78, 5) is 0. The third kappa shape index (κ3) is 2.60. The molecule has 1 aromatic carbocycles. The second-order valence-electron chi connectivity index (χ2n) is 2.15. The lowest BCUT2D eigenvalue weighted by Gasteiger charge is -2.03. The van der Waals surface area contributed by atoms with E-state index in [4.69, 9.17) is 9.84 Å². The summed E-state index contributed by atoms with van der Waals surface area (Å²) in [7, 11) is 0. The topological polar surface area (TPSA) is 29.5 Å². The van der Waals surface area contributed by atoms with Crippen LogP contribution in [-0.4, -0.2) is 18.3 Å². The molecule has 1 aromatic rings. The quantitative estimate of drug-likeness (QED) is 0.857.